The summed E-state index contributed by atoms with van der Waals surface area (Å²) in [7, 11) is 1.84. The Balaban J connectivity index is 0.00000312. The van der Waals surface area contributed by atoms with Crippen molar-refractivity contribution in [1.82, 2.24) is 15.8 Å². The van der Waals surface area contributed by atoms with Gasteiger partial charge in [-0.25, -0.2) is 0 Å². The molecular weight excluding hydrogens is 427 g/mol. The third kappa shape index (κ3) is 7.96. The maximum absolute atomic E-state index is 5.20. The molecule has 0 aromatic carbocycles. The van der Waals surface area contributed by atoms with Crippen molar-refractivity contribution in [3.63, 3.8) is 0 Å². The van der Waals surface area contributed by atoms with E-state index in [1.165, 1.54) is 50.5 Å². The minimum atomic E-state index is 0. The predicted octanol–water partition coefficient (Wildman–Crippen LogP) is 4.37. The van der Waals surface area contributed by atoms with Gasteiger partial charge in [0.2, 0.25) is 0 Å². The van der Waals surface area contributed by atoms with Gasteiger partial charge in [0.15, 0.2) is 5.96 Å². The van der Waals surface area contributed by atoms with Crippen LogP contribution in [0.4, 0.5) is 0 Å². The molecule has 5 nitrogen and oxygen atoms in total. The highest BCUT2D eigenvalue weighted by atomic mass is 127. The lowest BCUT2D eigenvalue weighted by atomic mass is 10.0. The average Bonchev–Trinajstić information content (AvgIpc) is 3.20. The molecule has 0 atom stereocenters. The second-order valence-corrected chi connectivity index (χ2v) is 6.98. The van der Waals surface area contributed by atoms with Crippen molar-refractivity contribution in [2.75, 3.05) is 20.1 Å². The Bertz CT molecular complexity index is 490. The van der Waals surface area contributed by atoms with Gasteiger partial charge in [0.1, 0.15) is 5.76 Å². The monoisotopic (exact) mass is 462 g/mol. The predicted molar refractivity (Wildman–Crippen MR) is 115 cm³/mol. The summed E-state index contributed by atoms with van der Waals surface area (Å²) in [6.45, 7) is 5.90. The molecule has 144 valence electrons. The molecule has 1 heterocycles. The molecule has 0 bridgehead atoms. The first-order chi connectivity index (χ1) is 11.7. The lowest BCUT2D eigenvalue weighted by Gasteiger charge is -2.12. The zero-order valence-corrected chi connectivity index (χ0v) is 18.4. The van der Waals surface area contributed by atoms with Crippen molar-refractivity contribution >= 4 is 29.9 Å². The smallest absolute Gasteiger partial charge is 0.190 e. The van der Waals surface area contributed by atoms with Crippen molar-refractivity contribution in [2.24, 2.45) is 10.9 Å². The largest absolute Gasteiger partial charge is 0.361 e. The lowest BCUT2D eigenvalue weighted by molar-refractivity contribution is 0.392. The Labute approximate surface area is 169 Å². The molecule has 1 aliphatic rings. The molecule has 0 unspecified atom stereocenters. The third-order valence-electron chi connectivity index (χ3n) is 5.11. The van der Waals surface area contributed by atoms with E-state index < -0.39 is 0 Å². The van der Waals surface area contributed by atoms with E-state index in [1.54, 1.807) is 0 Å². The molecule has 25 heavy (non-hydrogen) atoms. The molecule has 1 aliphatic carbocycles. The Hall–Kier alpha value is -0.790. The number of hydrogen-bond donors (Lipinski definition) is 2. The van der Waals surface area contributed by atoms with Crippen LogP contribution in [0.15, 0.2) is 9.52 Å². The van der Waals surface area contributed by atoms with Crippen molar-refractivity contribution in [3.05, 3.63) is 17.0 Å². The van der Waals surface area contributed by atoms with Crippen LogP contribution in [-0.2, 0) is 6.42 Å². The number of hydrogen-bond acceptors (Lipinski definition) is 3. The highest BCUT2D eigenvalue weighted by molar-refractivity contribution is 14.0. The van der Waals surface area contributed by atoms with Crippen molar-refractivity contribution in [3.8, 4) is 0 Å². The summed E-state index contributed by atoms with van der Waals surface area (Å²) in [6.07, 6.45) is 11.8. The summed E-state index contributed by atoms with van der Waals surface area (Å²) in [5.41, 5.74) is 2.25. The fourth-order valence-electron chi connectivity index (χ4n) is 3.62. The fourth-order valence-corrected chi connectivity index (χ4v) is 3.62. The van der Waals surface area contributed by atoms with Gasteiger partial charge in [0.25, 0.3) is 0 Å². The molecule has 6 heteroatoms. The van der Waals surface area contributed by atoms with Crippen LogP contribution in [0.1, 0.15) is 68.4 Å². The maximum Gasteiger partial charge on any atom is 0.190 e. The van der Waals surface area contributed by atoms with Crippen LogP contribution < -0.4 is 10.6 Å². The van der Waals surface area contributed by atoms with E-state index in [0.717, 1.165) is 49.3 Å². The standard InChI is InChI=1S/C19H34N4O.HI/c1-15-18(16(2)24-23-15)12-8-14-22-19(20-3)21-13-7-6-11-17-9-4-5-10-17;/h17H,4-14H2,1-3H3,(H2,20,21,22);1H. The van der Waals surface area contributed by atoms with Gasteiger partial charge in [-0.05, 0) is 39.0 Å². The summed E-state index contributed by atoms with van der Waals surface area (Å²) in [5, 5.41) is 10.8. The van der Waals surface area contributed by atoms with Gasteiger partial charge in [-0.1, -0.05) is 43.7 Å². The van der Waals surface area contributed by atoms with E-state index in [4.69, 9.17) is 4.52 Å². The normalized spacial score (nSPS) is 15.2. The lowest BCUT2D eigenvalue weighted by Crippen LogP contribution is -2.38. The molecule has 0 aliphatic heterocycles. The van der Waals surface area contributed by atoms with Gasteiger partial charge >= 0.3 is 0 Å². The number of nitrogens with one attached hydrogen (secondary N) is 2. The minimum Gasteiger partial charge on any atom is -0.361 e. The number of aliphatic imine (C=N–C) groups is 1. The van der Waals surface area contributed by atoms with Crippen molar-refractivity contribution in [2.45, 2.75) is 71.6 Å². The first-order valence-corrected chi connectivity index (χ1v) is 9.57. The van der Waals surface area contributed by atoms with Crippen molar-refractivity contribution < 1.29 is 4.52 Å². The average molecular weight is 462 g/mol. The number of halogens is 1. The highest BCUT2D eigenvalue weighted by Crippen LogP contribution is 2.28. The van der Waals surface area contributed by atoms with Gasteiger partial charge in [0, 0.05) is 25.7 Å². The number of rotatable bonds is 9. The number of aromatic nitrogens is 1. The van der Waals surface area contributed by atoms with E-state index in [2.05, 4.69) is 20.8 Å². The van der Waals surface area contributed by atoms with Gasteiger partial charge in [-0.2, -0.15) is 0 Å². The first kappa shape index (κ1) is 22.3. The summed E-state index contributed by atoms with van der Waals surface area (Å²) >= 11 is 0. The number of nitrogens with zero attached hydrogens (tertiary/aromatic N) is 2. The molecule has 1 saturated carbocycles. The fraction of sp³-hybridized carbons (Fsp3) is 0.789. The Morgan fingerprint density at radius 3 is 2.40 bits per heavy atom. The van der Waals surface area contributed by atoms with E-state index >= 15 is 0 Å². The zero-order chi connectivity index (χ0) is 17.2. The van der Waals surface area contributed by atoms with Gasteiger partial charge in [0.05, 0.1) is 5.69 Å². The number of guanidine groups is 1. The molecule has 1 aromatic heterocycles. The number of aryl methyl sites for hydroxylation is 2. The Morgan fingerprint density at radius 1 is 1.12 bits per heavy atom. The van der Waals surface area contributed by atoms with Crippen LogP contribution >= 0.6 is 24.0 Å². The molecule has 1 fully saturated rings. The van der Waals surface area contributed by atoms with Gasteiger partial charge < -0.3 is 15.2 Å². The van der Waals surface area contributed by atoms with E-state index in [0.29, 0.717) is 0 Å². The van der Waals surface area contributed by atoms with Crippen LogP contribution in [0.2, 0.25) is 0 Å². The molecule has 0 saturated heterocycles. The summed E-state index contributed by atoms with van der Waals surface area (Å²) in [4.78, 5) is 4.30. The topological polar surface area (TPSA) is 62.5 Å². The minimum absolute atomic E-state index is 0. The van der Waals surface area contributed by atoms with E-state index in [9.17, 15) is 0 Å². The van der Waals surface area contributed by atoms with E-state index in [1.807, 2.05) is 20.9 Å². The van der Waals surface area contributed by atoms with Crippen LogP contribution in [0, 0.1) is 19.8 Å². The maximum atomic E-state index is 5.20. The quantitative estimate of drug-likeness (QED) is 0.248. The van der Waals surface area contributed by atoms with Gasteiger partial charge in [-0.15, -0.1) is 24.0 Å². The van der Waals surface area contributed by atoms with Crippen LogP contribution in [0.3, 0.4) is 0 Å². The molecule has 1 aromatic rings. The van der Waals surface area contributed by atoms with Crippen LogP contribution in [0.5, 0.6) is 0 Å². The molecule has 0 spiro atoms. The third-order valence-corrected chi connectivity index (χ3v) is 5.11. The SMILES string of the molecule is CN=C(NCCCCC1CCCC1)NCCCc1c(C)noc1C.I. The first-order valence-electron chi connectivity index (χ1n) is 9.57. The zero-order valence-electron chi connectivity index (χ0n) is 16.1. The van der Waals surface area contributed by atoms with Gasteiger partial charge in [-0.3, -0.25) is 4.99 Å². The van der Waals surface area contributed by atoms with E-state index in [-0.39, 0.29) is 24.0 Å². The van der Waals surface area contributed by atoms with Crippen LogP contribution in [-0.4, -0.2) is 31.3 Å². The molecule has 2 N–H and O–H groups in total. The molecule has 2 rings (SSSR count). The summed E-state index contributed by atoms with van der Waals surface area (Å²) in [6, 6.07) is 0. The second-order valence-electron chi connectivity index (χ2n) is 6.98. The summed E-state index contributed by atoms with van der Waals surface area (Å²) < 4.78 is 5.20. The van der Waals surface area contributed by atoms with Crippen LogP contribution in [0.25, 0.3) is 0 Å². The second kappa shape index (κ2) is 12.5. The molecule has 0 radical (unpaired) electrons. The Morgan fingerprint density at radius 2 is 1.80 bits per heavy atom. The number of unbranched alkanes of at least 4 members (excludes halogenated alkanes) is 1. The molecule has 0 amide bonds. The highest BCUT2D eigenvalue weighted by Gasteiger charge is 2.13. The molecular formula is C19H35IN4O. The summed E-state index contributed by atoms with van der Waals surface area (Å²) in [5.74, 6) is 2.86. The van der Waals surface area contributed by atoms with Crippen molar-refractivity contribution in [1.29, 1.82) is 0 Å². The Kier molecular flexibility index (Phi) is 11.2.